The molecule has 1 aromatic heterocycles. The summed E-state index contributed by atoms with van der Waals surface area (Å²) < 4.78 is 5.00. The van der Waals surface area contributed by atoms with Gasteiger partial charge >= 0.3 is 0 Å². The first kappa shape index (κ1) is 15.4. The van der Waals surface area contributed by atoms with Crippen molar-refractivity contribution in [2.24, 2.45) is 0 Å². The Kier molecular flexibility index (Phi) is 6.60. The minimum atomic E-state index is 0.119. The number of nitrogens with one attached hydrogen (secondary N) is 1. The van der Waals surface area contributed by atoms with Gasteiger partial charge in [0.1, 0.15) is 0 Å². The average molecular weight is 269 g/mol. The molecule has 5 heteroatoms. The van der Waals surface area contributed by atoms with E-state index >= 15 is 0 Å². The second-order valence-electron chi connectivity index (χ2n) is 5.17. The monoisotopic (exact) mass is 269 g/mol. The van der Waals surface area contributed by atoms with E-state index in [0.29, 0.717) is 0 Å². The van der Waals surface area contributed by atoms with Gasteiger partial charge in [-0.1, -0.05) is 11.8 Å². The fourth-order valence-electron chi connectivity index (χ4n) is 1.24. The Labute approximate surface area is 114 Å². The normalized spacial score (nSPS) is 11.8. The van der Waals surface area contributed by atoms with Crippen LogP contribution in [0.25, 0.3) is 0 Å². The smallest absolute Gasteiger partial charge is 0.187 e. The number of hydrogen-bond donors (Lipinski definition) is 1. The van der Waals surface area contributed by atoms with Crippen LogP contribution in [0.5, 0.6) is 0 Å². The van der Waals surface area contributed by atoms with E-state index in [2.05, 4.69) is 36.1 Å². The molecule has 0 aliphatic heterocycles. The van der Waals surface area contributed by atoms with Gasteiger partial charge in [-0.15, -0.1) is 0 Å². The molecule has 1 aromatic rings. The molecule has 4 nitrogen and oxygen atoms in total. The molecular formula is C13H23N3OS. The number of thioether (sulfide) groups is 1. The number of ether oxygens (including phenoxy) is 1. The van der Waals surface area contributed by atoms with Crippen LogP contribution < -0.4 is 5.32 Å². The van der Waals surface area contributed by atoms with Gasteiger partial charge in [-0.25, -0.2) is 9.97 Å². The lowest BCUT2D eigenvalue weighted by atomic mass is 10.1. The lowest BCUT2D eigenvalue weighted by Crippen LogP contribution is -2.35. The quantitative estimate of drug-likeness (QED) is 0.468. The van der Waals surface area contributed by atoms with Crippen LogP contribution >= 0.6 is 11.8 Å². The molecule has 1 heterocycles. The second kappa shape index (κ2) is 7.71. The Morgan fingerprint density at radius 1 is 1.28 bits per heavy atom. The van der Waals surface area contributed by atoms with E-state index in [-0.39, 0.29) is 5.54 Å². The molecule has 0 atom stereocenters. The van der Waals surface area contributed by atoms with Crippen LogP contribution in [0.4, 0.5) is 0 Å². The third-order valence-corrected chi connectivity index (χ3v) is 3.19. The molecule has 1 rings (SSSR count). The summed E-state index contributed by atoms with van der Waals surface area (Å²) >= 11 is 1.67. The van der Waals surface area contributed by atoms with Crippen LogP contribution in [0.3, 0.4) is 0 Å². The highest BCUT2D eigenvalue weighted by Gasteiger charge is 2.08. The first-order chi connectivity index (χ1) is 8.51. The molecular weight excluding hydrogens is 246 g/mol. The average Bonchev–Trinajstić information content (AvgIpc) is 2.33. The summed E-state index contributed by atoms with van der Waals surface area (Å²) in [4.78, 5) is 8.70. The summed E-state index contributed by atoms with van der Waals surface area (Å²) in [5.41, 5.74) is 1.24. The molecule has 0 saturated carbocycles. The van der Waals surface area contributed by atoms with Crippen molar-refractivity contribution in [3.8, 4) is 0 Å². The van der Waals surface area contributed by atoms with Gasteiger partial charge in [0.25, 0.3) is 0 Å². The van der Waals surface area contributed by atoms with Crippen molar-refractivity contribution < 1.29 is 4.74 Å². The van der Waals surface area contributed by atoms with Crippen LogP contribution in [-0.2, 0) is 11.3 Å². The topological polar surface area (TPSA) is 47.0 Å². The van der Waals surface area contributed by atoms with Gasteiger partial charge < -0.3 is 10.1 Å². The van der Waals surface area contributed by atoms with Gasteiger partial charge in [0.2, 0.25) is 0 Å². The highest BCUT2D eigenvalue weighted by molar-refractivity contribution is 7.99. The van der Waals surface area contributed by atoms with Crippen LogP contribution in [0.2, 0.25) is 0 Å². The molecule has 1 N–H and O–H groups in total. The highest BCUT2D eigenvalue weighted by Crippen LogP contribution is 2.13. The number of aromatic nitrogens is 2. The van der Waals surface area contributed by atoms with Crippen LogP contribution in [0.15, 0.2) is 17.6 Å². The predicted molar refractivity (Wildman–Crippen MR) is 75.8 cm³/mol. The Bertz CT molecular complexity index is 335. The standard InChI is InChI=1S/C13H23N3OS/c1-13(2,3)16-10-11-8-14-12(15-9-11)18-7-5-6-17-4/h8-9,16H,5-7,10H2,1-4H3. The van der Waals surface area contributed by atoms with E-state index in [1.807, 2.05) is 12.4 Å². The summed E-state index contributed by atoms with van der Waals surface area (Å²) in [6.07, 6.45) is 4.81. The van der Waals surface area contributed by atoms with E-state index in [4.69, 9.17) is 4.74 Å². The van der Waals surface area contributed by atoms with Crippen LogP contribution in [0.1, 0.15) is 32.8 Å². The summed E-state index contributed by atoms with van der Waals surface area (Å²) in [5.74, 6) is 0.993. The third-order valence-electron chi connectivity index (χ3n) is 2.23. The number of nitrogens with zero attached hydrogens (tertiary/aromatic N) is 2. The number of rotatable bonds is 7. The Balaban J connectivity index is 2.33. The van der Waals surface area contributed by atoms with Gasteiger partial charge in [-0.3, -0.25) is 0 Å². The SMILES string of the molecule is COCCCSc1ncc(CNC(C)(C)C)cn1. The van der Waals surface area contributed by atoms with Gasteiger partial charge in [-0.2, -0.15) is 0 Å². The van der Waals surface area contributed by atoms with Crippen LogP contribution in [0, 0.1) is 0 Å². The minimum Gasteiger partial charge on any atom is -0.385 e. The summed E-state index contributed by atoms with van der Waals surface area (Å²) in [6.45, 7) is 8.04. The third kappa shape index (κ3) is 6.93. The zero-order valence-electron chi connectivity index (χ0n) is 11.7. The largest absolute Gasteiger partial charge is 0.385 e. The van der Waals surface area contributed by atoms with Crippen LogP contribution in [-0.4, -0.2) is 35.0 Å². The van der Waals surface area contributed by atoms with Crippen molar-refractivity contribution in [3.63, 3.8) is 0 Å². The maximum absolute atomic E-state index is 5.00. The molecule has 0 spiro atoms. The fraction of sp³-hybridized carbons (Fsp3) is 0.692. The number of hydrogen-bond acceptors (Lipinski definition) is 5. The molecule has 0 amide bonds. The number of methoxy groups -OCH3 is 1. The summed E-state index contributed by atoms with van der Waals surface area (Å²) in [7, 11) is 1.72. The fourth-order valence-corrected chi connectivity index (χ4v) is 1.94. The summed E-state index contributed by atoms with van der Waals surface area (Å²) in [6, 6.07) is 0. The van der Waals surface area contributed by atoms with Crippen molar-refractivity contribution in [2.75, 3.05) is 19.5 Å². The molecule has 0 aromatic carbocycles. The molecule has 102 valence electrons. The Hall–Kier alpha value is -0.650. The maximum Gasteiger partial charge on any atom is 0.187 e. The maximum atomic E-state index is 5.00. The van der Waals surface area contributed by atoms with Crippen molar-refractivity contribution in [2.45, 2.75) is 44.4 Å². The molecule has 0 radical (unpaired) electrons. The molecule has 0 fully saturated rings. The lowest BCUT2D eigenvalue weighted by molar-refractivity contribution is 0.200. The van der Waals surface area contributed by atoms with E-state index < -0.39 is 0 Å². The molecule has 0 aliphatic rings. The second-order valence-corrected chi connectivity index (χ2v) is 6.23. The zero-order valence-corrected chi connectivity index (χ0v) is 12.5. The minimum absolute atomic E-state index is 0.119. The summed E-state index contributed by atoms with van der Waals surface area (Å²) in [5, 5.41) is 4.25. The molecule has 0 unspecified atom stereocenters. The van der Waals surface area contributed by atoms with Gasteiger partial charge in [0.15, 0.2) is 5.16 Å². The Morgan fingerprint density at radius 2 is 1.94 bits per heavy atom. The van der Waals surface area contributed by atoms with Crippen molar-refractivity contribution in [1.82, 2.24) is 15.3 Å². The first-order valence-electron chi connectivity index (χ1n) is 6.19. The molecule has 0 bridgehead atoms. The van der Waals surface area contributed by atoms with E-state index in [1.165, 1.54) is 0 Å². The van der Waals surface area contributed by atoms with Gasteiger partial charge in [-0.05, 0) is 27.2 Å². The van der Waals surface area contributed by atoms with Gasteiger partial charge in [0.05, 0.1) is 0 Å². The van der Waals surface area contributed by atoms with Crippen molar-refractivity contribution >= 4 is 11.8 Å². The highest BCUT2D eigenvalue weighted by atomic mass is 32.2. The first-order valence-corrected chi connectivity index (χ1v) is 7.17. The predicted octanol–water partition coefficient (Wildman–Crippen LogP) is 2.49. The molecule has 0 saturated heterocycles. The lowest BCUT2D eigenvalue weighted by Gasteiger charge is -2.20. The van der Waals surface area contributed by atoms with E-state index in [9.17, 15) is 0 Å². The Morgan fingerprint density at radius 3 is 2.50 bits per heavy atom. The van der Waals surface area contributed by atoms with E-state index in [0.717, 1.165) is 36.0 Å². The molecule has 0 aliphatic carbocycles. The van der Waals surface area contributed by atoms with E-state index in [1.54, 1.807) is 18.9 Å². The van der Waals surface area contributed by atoms with Crippen molar-refractivity contribution in [1.29, 1.82) is 0 Å². The van der Waals surface area contributed by atoms with Gasteiger partial charge in [0, 0.05) is 49.5 Å². The zero-order chi connectivity index (χ0) is 13.4. The van der Waals surface area contributed by atoms with Crippen molar-refractivity contribution in [3.05, 3.63) is 18.0 Å². The molecule has 18 heavy (non-hydrogen) atoms.